The fourth-order valence-electron chi connectivity index (χ4n) is 2.02. The molecular weight excluding hydrogens is 366 g/mol. The standard InChI is InChI=1S/C15H13BrN3O4/c16-10-1-6-14(17-7-10)22-13-8-19(9-13)15(20)23-12-4-2-11(18-21)3-5-12/h1-7,13,18H,8-9H2/q-1. The Bertz CT molecular complexity index is 672. The number of carbonyl (C=O) groups excluding carboxylic acids is 1. The van der Waals surface area contributed by atoms with Crippen LogP contribution in [0.5, 0.6) is 11.6 Å². The van der Waals surface area contributed by atoms with E-state index in [-0.39, 0.29) is 6.10 Å². The summed E-state index contributed by atoms with van der Waals surface area (Å²) in [5.74, 6) is 0.903. The van der Waals surface area contributed by atoms with Gasteiger partial charge in [-0.1, -0.05) is 0 Å². The lowest BCUT2D eigenvalue weighted by atomic mass is 10.2. The first-order valence-electron chi connectivity index (χ1n) is 6.87. The highest BCUT2D eigenvalue weighted by Gasteiger charge is 2.33. The van der Waals surface area contributed by atoms with Crippen LogP contribution in [-0.2, 0) is 0 Å². The number of rotatable bonds is 4. The van der Waals surface area contributed by atoms with Gasteiger partial charge in [-0.05, 0) is 46.3 Å². The predicted molar refractivity (Wildman–Crippen MR) is 87.4 cm³/mol. The molecule has 1 fully saturated rings. The van der Waals surface area contributed by atoms with Gasteiger partial charge in [0, 0.05) is 22.4 Å². The molecule has 7 nitrogen and oxygen atoms in total. The average molecular weight is 379 g/mol. The van der Waals surface area contributed by atoms with Crippen molar-refractivity contribution in [1.29, 1.82) is 0 Å². The van der Waals surface area contributed by atoms with Gasteiger partial charge >= 0.3 is 6.09 Å². The van der Waals surface area contributed by atoms with E-state index < -0.39 is 6.09 Å². The smallest absolute Gasteiger partial charge is 0.415 e. The monoisotopic (exact) mass is 378 g/mol. The average Bonchev–Trinajstić information content (AvgIpc) is 2.53. The number of likely N-dealkylation sites (tertiary alicyclic amines) is 1. The van der Waals surface area contributed by atoms with E-state index >= 15 is 0 Å². The summed E-state index contributed by atoms with van der Waals surface area (Å²) >= 11 is 3.30. The number of aromatic nitrogens is 1. The Morgan fingerprint density at radius 1 is 1.26 bits per heavy atom. The second-order valence-electron chi connectivity index (χ2n) is 4.95. The van der Waals surface area contributed by atoms with Gasteiger partial charge in [0.25, 0.3) is 0 Å². The van der Waals surface area contributed by atoms with Crippen LogP contribution in [0, 0.1) is 5.21 Å². The molecule has 0 spiro atoms. The van der Waals surface area contributed by atoms with Crippen molar-refractivity contribution in [2.75, 3.05) is 18.6 Å². The lowest BCUT2D eigenvalue weighted by Gasteiger charge is -2.37. The van der Waals surface area contributed by atoms with Crippen LogP contribution in [0.1, 0.15) is 0 Å². The molecule has 1 saturated heterocycles. The normalized spacial score (nSPS) is 14.1. The maximum Gasteiger partial charge on any atom is 0.415 e. The number of pyridine rings is 1. The van der Waals surface area contributed by atoms with E-state index in [4.69, 9.17) is 9.47 Å². The van der Waals surface area contributed by atoms with E-state index in [0.717, 1.165) is 4.47 Å². The molecule has 1 amide bonds. The molecule has 120 valence electrons. The Labute approximate surface area is 140 Å². The summed E-state index contributed by atoms with van der Waals surface area (Å²) in [5, 5.41) is 10.4. The first kappa shape index (κ1) is 15.6. The van der Waals surface area contributed by atoms with Gasteiger partial charge in [0.05, 0.1) is 13.1 Å². The molecule has 0 aliphatic carbocycles. The van der Waals surface area contributed by atoms with E-state index in [2.05, 4.69) is 20.9 Å². The molecule has 2 aromatic rings. The van der Waals surface area contributed by atoms with Gasteiger partial charge in [0.2, 0.25) is 5.88 Å². The zero-order valence-corrected chi connectivity index (χ0v) is 13.5. The fraction of sp³-hybridized carbons (Fsp3) is 0.200. The Hall–Kier alpha value is -2.32. The molecule has 1 aromatic carbocycles. The summed E-state index contributed by atoms with van der Waals surface area (Å²) in [4.78, 5) is 17.6. The van der Waals surface area contributed by atoms with Crippen LogP contribution in [0.15, 0.2) is 47.1 Å². The highest BCUT2D eigenvalue weighted by atomic mass is 79.9. The number of amides is 1. The van der Waals surface area contributed by atoms with Crippen molar-refractivity contribution >= 4 is 27.7 Å². The summed E-state index contributed by atoms with van der Waals surface area (Å²) in [6, 6.07) is 9.78. The van der Waals surface area contributed by atoms with Crippen molar-refractivity contribution in [3.05, 3.63) is 52.3 Å². The number of nitrogens with zero attached hydrogens (tertiary/aromatic N) is 2. The number of hydrogen-bond acceptors (Lipinski definition) is 6. The van der Waals surface area contributed by atoms with Gasteiger partial charge in [0.15, 0.2) is 0 Å². The number of anilines is 1. The van der Waals surface area contributed by atoms with Crippen molar-refractivity contribution < 1.29 is 14.3 Å². The summed E-state index contributed by atoms with van der Waals surface area (Å²) in [6.45, 7) is 0.882. The first-order chi connectivity index (χ1) is 11.1. The van der Waals surface area contributed by atoms with Gasteiger partial charge in [0.1, 0.15) is 11.9 Å². The van der Waals surface area contributed by atoms with E-state index in [9.17, 15) is 10.0 Å². The quantitative estimate of drug-likeness (QED) is 0.822. The molecule has 8 heteroatoms. The molecule has 0 atom stereocenters. The van der Waals surface area contributed by atoms with Crippen molar-refractivity contribution in [1.82, 2.24) is 9.88 Å². The minimum atomic E-state index is -0.448. The Kier molecular flexibility index (Phi) is 4.63. The molecule has 0 unspecified atom stereocenters. The number of hydrogen-bond donors (Lipinski definition) is 1. The highest BCUT2D eigenvalue weighted by molar-refractivity contribution is 9.10. The molecule has 3 rings (SSSR count). The number of nitrogens with one attached hydrogen (secondary N) is 1. The van der Waals surface area contributed by atoms with E-state index in [1.165, 1.54) is 17.0 Å². The number of ether oxygens (including phenoxy) is 2. The maximum atomic E-state index is 11.9. The minimum absolute atomic E-state index is 0.0942. The third-order valence-corrected chi connectivity index (χ3v) is 3.74. The van der Waals surface area contributed by atoms with Crippen LogP contribution in [0.3, 0.4) is 0 Å². The Morgan fingerprint density at radius 3 is 2.61 bits per heavy atom. The van der Waals surface area contributed by atoms with Crippen LogP contribution in [0.4, 0.5) is 10.5 Å². The van der Waals surface area contributed by atoms with Gasteiger partial charge in [-0.25, -0.2) is 9.78 Å². The minimum Gasteiger partial charge on any atom is -0.761 e. The Balaban J connectivity index is 1.46. The summed E-state index contributed by atoms with van der Waals surface area (Å²) in [7, 11) is 0. The van der Waals surface area contributed by atoms with Crippen LogP contribution in [-0.4, -0.2) is 35.2 Å². The molecule has 1 aliphatic heterocycles. The van der Waals surface area contributed by atoms with Gasteiger partial charge in [-0.2, -0.15) is 0 Å². The van der Waals surface area contributed by atoms with Crippen LogP contribution in [0.2, 0.25) is 0 Å². The number of carbonyl (C=O) groups is 1. The second-order valence-corrected chi connectivity index (χ2v) is 5.87. The molecule has 1 N–H and O–H groups in total. The van der Waals surface area contributed by atoms with Crippen molar-refractivity contribution in [2.45, 2.75) is 6.10 Å². The molecule has 1 aromatic heterocycles. The number of halogens is 1. The van der Waals surface area contributed by atoms with Gasteiger partial charge in [-0.15, -0.1) is 0 Å². The molecule has 0 radical (unpaired) electrons. The zero-order valence-electron chi connectivity index (χ0n) is 11.9. The lowest BCUT2D eigenvalue weighted by Crippen LogP contribution is -2.57. The Morgan fingerprint density at radius 2 is 2.00 bits per heavy atom. The molecule has 2 heterocycles. The molecule has 1 aliphatic rings. The van der Waals surface area contributed by atoms with Crippen molar-refractivity contribution in [2.24, 2.45) is 0 Å². The SMILES string of the molecule is O=C(Oc1ccc(N[O-])cc1)N1CC(Oc2ccc(Br)cn2)C1. The largest absolute Gasteiger partial charge is 0.761 e. The lowest BCUT2D eigenvalue weighted by molar-refractivity contribution is 0.0258. The van der Waals surface area contributed by atoms with E-state index in [1.54, 1.807) is 29.9 Å². The van der Waals surface area contributed by atoms with E-state index in [0.29, 0.717) is 30.4 Å². The van der Waals surface area contributed by atoms with Gasteiger partial charge in [-0.3, -0.25) is 0 Å². The topological polar surface area (TPSA) is 86.8 Å². The predicted octanol–water partition coefficient (Wildman–Crippen LogP) is 3.02. The van der Waals surface area contributed by atoms with Crippen molar-refractivity contribution in [3.8, 4) is 11.6 Å². The maximum absolute atomic E-state index is 11.9. The number of benzene rings is 1. The van der Waals surface area contributed by atoms with Crippen LogP contribution in [0.25, 0.3) is 0 Å². The highest BCUT2D eigenvalue weighted by Crippen LogP contribution is 2.20. The summed E-state index contributed by atoms with van der Waals surface area (Å²) in [6.07, 6.45) is 1.11. The van der Waals surface area contributed by atoms with Crippen LogP contribution >= 0.6 is 15.9 Å². The van der Waals surface area contributed by atoms with Gasteiger partial charge < -0.3 is 25.1 Å². The fourth-order valence-corrected chi connectivity index (χ4v) is 2.26. The first-order valence-corrected chi connectivity index (χ1v) is 7.66. The molecular formula is C15H13BrN3O4-. The zero-order chi connectivity index (χ0) is 16.2. The molecule has 23 heavy (non-hydrogen) atoms. The molecule has 0 bridgehead atoms. The van der Waals surface area contributed by atoms with Crippen LogP contribution < -0.4 is 15.0 Å². The third kappa shape index (κ3) is 3.91. The summed E-state index contributed by atoms with van der Waals surface area (Å²) < 4.78 is 11.7. The van der Waals surface area contributed by atoms with E-state index in [1.807, 2.05) is 6.07 Å². The van der Waals surface area contributed by atoms with Crippen molar-refractivity contribution in [3.63, 3.8) is 0 Å². The summed E-state index contributed by atoms with van der Waals surface area (Å²) in [5.41, 5.74) is 2.17. The molecule has 0 saturated carbocycles. The second kappa shape index (κ2) is 6.84. The third-order valence-electron chi connectivity index (χ3n) is 3.27.